The number of carbonyl (C=O) groups is 2. The van der Waals surface area contributed by atoms with Crippen molar-refractivity contribution in [3.8, 4) is 0 Å². The fourth-order valence-electron chi connectivity index (χ4n) is 5.36. The Morgan fingerprint density at radius 2 is 1.82 bits per heavy atom. The summed E-state index contributed by atoms with van der Waals surface area (Å²) in [7, 11) is 1.34. The molecule has 1 amide bonds. The average Bonchev–Trinajstić information content (AvgIpc) is 3.41. The van der Waals surface area contributed by atoms with Crippen LogP contribution in [0, 0.1) is 12.7 Å². The Kier molecular flexibility index (Phi) is 6.83. The minimum Gasteiger partial charge on any atom is -0.464 e. The summed E-state index contributed by atoms with van der Waals surface area (Å²) in [6, 6.07) is 8.40. The van der Waals surface area contributed by atoms with E-state index >= 15 is 0 Å². The van der Waals surface area contributed by atoms with Gasteiger partial charge >= 0.3 is 5.97 Å². The maximum Gasteiger partial charge on any atom is 0.357 e. The largest absolute Gasteiger partial charge is 0.464 e. The van der Waals surface area contributed by atoms with E-state index in [0.29, 0.717) is 43.3 Å². The first-order valence-corrected chi connectivity index (χ1v) is 13.9. The van der Waals surface area contributed by atoms with Gasteiger partial charge in [-0.25, -0.2) is 19.2 Å². The van der Waals surface area contributed by atoms with Gasteiger partial charge in [0.2, 0.25) is 0 Å². The number of fused-ring (bicyclic) bond motifs is 1. The van der Waals surface area contributed by atoms with Crippen molar-refractivity contribution >= 4 is 51.3 Å². The number of halogens is 2. The van der Waals surface area contributed by atoms with Crippen molar-refractivity contribution in [3.63, 3.8) is 0 Å². The van der Waals surface area contributed by atoms with Crippen LogP contribution in [-0.4, -0.2) is 65.6 Å². The lowest BCUT2D eigenvalue weighted by molar-refractivity contribution is 0.0508. The molecule has 8 nitrogen and oxygen atoms in total. The summed E-state index contributed by atoms with van der Waals surface area (Å²) in [6.07, 6.45) is 0. The molecular formula is C28H31ClFN5O3S. The van der Waals surface area contributed by atoms with Crippen LogP contribution in [0.15, 0.2) is 30.3 Å². The number of thiazole rings is 1. The molecule has 0 aliphatic carbocycles. The molecule has 2 aromatic heterocycles. The second kappa shape index (κ2) is 9.75. The van der Waals surface area contributed by atoms with Gasteiger partial charge in [-0.15, -0.1) is 11.3 Å². The van der Waals surface area contributed by atoms with E-state index in [4.69, 9.17) is 21.3 Å². The van der Waals surface area contributed by atoms with E-state index < -0.39 is 17.3 Å². The molecule has 1 fully saturated rings. The third kappa shape index (κ3) is 4.84. The number of amides is 1. The maximum absolute atomic E-state index is 14.2. The number of carbonyl (C=O) groups excluding carboxylic acids is 2. The molecule has 0 atom stereocenters. The fraction of sp³-hybridized carbons (Fsp3) is 0.429. The average molecular weight is 572 g/mol. The molecule has 1 saturated heterocycles. The van der Waals surface area contributed by atoms with Crippen LogP contribution in [0.25, 0.3) is 0 Å². The van der Waals surface area contributed by atoms with Crippen LogP contribution < -0.4 is 9.80 Å². The topological polar surface area (TPSA) is 78.9 Å². The van der Waals surface area contributed by atoms with Gasteiger partial charge in [0.25, 0.3) is 5.91 Å². The predicted octanol–water partition coefficient (Wildman–Crippen LogP) is 5.60. The highest BCUT2D eigenvalue weighted by atomic mass is 35.5. The quantitative estimate of drug-likeness (QED) is 0.377. The van der Waals surface area contributed by atoms with Gasteiger partial charge in [0.1, 0.15) is 11.5 Å². The van der Waals surface area contributed by atoms with Crippen LogP contribution in [0.3, 0.4) is 0 Å². The molecule has 11 heteroatoms. The van der Waals surface area contributed by atoms with E-state index in [9.17, 15) is 14.0 Å². The lowest BCUT2D eigenvalue weighted by atomic mass is 9.91. The van der Waals surface area contributed by atoms with Crippen LogP contribution in [0.4, 0.5) is 20.9 Å². The Bertz CT molecular complexity index is 1470. The second-order valence-corrected chi connectivity index (χ2v) is 12.8. The van der Waals surface area contributed by atoms with E-state index in [-0.39, 0.29) is 16.3 Å². The first-order valence-electron chi connectivity index (χ1n) is 12.7. The molecular weight excluding hydrogens is 541 g/mol. The highest BCUT2D eigenvalue weighted by molar-refractivity contribution is 7.15. The number of benzene rings is 1. The molecule has 0 bridgehead atoms. The minimum atomic E-state index is -0.510. The van der Waals surface area contributed by atoms with Gasteiger partial charge in [0, 0.05) is 42.2 Å². The number of aryl methyl sites for hydroxylation is 1. The predicted molar refractivity (Wildman–Crippen MR) is 151 cm³/mol. The Balaban J connectivity index is 1.38. The number of aromatic nitrogens is 2. The molecule has 0 unspecified atom stereocenters. The van der Waals surface area contributed by atoms with Crippen molar-refractivity contribution in [2.24, 2.45) is 0 Å². The number of pyridine rings is 1. The van der Waals surface area contributed by atoms with Crippen LogP contribution in [0.1, 0.15) is 59.2 Å². The summed E-state index contributed by atoms with van der Waals surface area (Å²) in [4.78, 5) is 42.0. The highest BCUT2D eigenvalue weighted by Crippen LogP contribution is 2.44. The first kappa shape index (κ1) is 27.3. The zero-order chi connectivity index (χ0) is 28.3. The smallest absolute Gasteiger partial charge is 0.357 e. The molecule has 0 saturated carbocycles. The van der Waals surface area contributed by atoms with Crippen LogP contribution in [0.5, 0.6) is 0 Å². The number of piperazine rings is 1. The van der Waals surface area contributed by atoms with Crippen LogP contribution in [0.2, 0.25) is 5.02 Å². The molecule has 0 N–H and O–H groups in total. The molecule has 0 spiro atoms. The number of methoxy groups -OCH3 is 1. The van der Waals surface area contributed by atoms with Crippen LogP contribution in [-0.2, 0) is 10.2 Å². The SMILES string of the molecule is COC(=O)c1nc(N2CCN(C(=O)c3ccc4c(n3)C(C)(C)CN4c3ccc(Cl)c(F)c3)C(C)(C)C2)sc1C. The van der Waals surface area contributed by atoms with Gasteiger partial charge < -0.3 is 19.4 Å². The molecule has 4 heterocycles. The molecule has 2 aliphatic heterocycles. The molecule has 0 radical (unpaired) electrons. The van der Waals surface area contributed by atoms with Crippen molar-refractivity contribution < 1.29 is 18.7 Å². The number of hydrogen-bond acceptors (Lipinski definition) is 8. The van der Waals surface area contributed by atoms with E-state index in [2.05, 4.69) is 23.7 Å². The van der Waals surface area contributed by atoms with Crippen molar-refractivity contribution in [3.05, 3.63) is 63.1 Å². The van der Waals surface area contributed by atoms with Gasteiger partial charge in [-0.1, -0.05) is 25.4 Å². The molecule has 206 valence electrons. The van der Waals surface area contributed by atoms with Gasteiger partial charge in [0.05, 0.1) is 29.1 Å². The molecule has 2 aliphatic rings. The summed E-state index contributed by atoms with van der Waals surface area (Å²) in [5.74, 6) is -1.07. The van der Waals surface area contributed by atoms with Gasteiger partial charge in [0.15, 0.2) is 10.8 Å². The van der Waals surface area contributed by atoms with Crippen molar-refractivity contribution in [2.45, 2.75) is 45.6 Å². The Morgan fingerprint density at radius 3 is 2.49 bits per heavy atom. The van der Waals surface area contributed by atoms with E-state index in [1.54, 1.807) is 18.2 Å². The Morgan fingerprint density at radius 1 is 1.08 bits per heavy atom. The minimum absolute atomic E-state index is 0.0770. The number of ether oxygens (including phenoxy) is 1. The number of anilines is 3. The van der Waals surface area contributed by atoms with Crippen molar-refractivity contribution in [2.75, 3.05) is 43.1 Å². The van der Waals surface area contributed by atoms with Crippen molar-refractivity contribution in [1.29, 1.82) is 0 Å². The maximum atomic E-state index is 14.2. The van der Waals surface area contributed by atoms with E-state index in [1.807, 2.05) is 36.6 Å². The number of hydrogen-bond donors (Lipinski definition) is 0. The van der Waals surface area contributed by atoms with Crippen LogP contribution >= 0.6 is 22.9 Å². The number of rotatable bonds is 4. The zero-order valence-corrected chi connectivity index (χ0v) is 24.4. The number of esters is 1. The standard InChI is InChI=1S/C28H31ClFN5O3S/c1-16-22(25(37)38-6)32-26(39-16)33-11-12-35(28(4,5)15-33)24(36)20-9-10-21-23(31-20)27(2,3)14-34(21)17-7-8-18(29)19(30)13-17/h7-10,13H,11-12,14-15H2,1-6H3. The lowest BCUT2D eigenvalue weighted by Gasteiger charge is -2.47. The van der Waals surface area contributed by atoms with Gasteiger partial charge in [-0.05, 0) is 51.1 Å². The first-order chi connectivity index (χ1) is 18.3. The zero-order valence-electron chi connectivity index (χ0n) is 22.8. The molecule has 5 rings (SSSR count). The lowest BCUT2D eigenvalue weighted by Crippen LogP contribution is -2.61. The second-order valence-electron chi connectivity index (χ2n) is 11.2. The summed E-state index contributed by atoms with van der Waals surface area (Å²) in [6.45, 7) is 12.2. The number of nitrogens with zero attached hydrogens (tertiary/aromatic N) is 5. The Hall–Kier alpha value is -3.24. The van der Waals surface area contributed by atoms with E-state index in [0.717, 1.165) is 21.4 Å². The van der Waals surface area contributed by atoms with Gasteiger partial charge in [-0.3, -0.25) is 4.79 Å². The third-order valence-corrected chi connectivity index (χ3v) is 8.71. The van der Waals surface area contributed by atoms with Crippen molar-refractivity contribution in [1.82, 2.24) is 14.9 Å². The summed E-state index contributed by atoms with van der Waals surface area (Å²) in [5.41, 5.74) is 2.19. The van der Waals surface area contributed by atoms with Gasteiger partial charge in [-0.2, -0.15) is 0 Å². The third-order valence-electron chi connectivity index (χ3n) is 7.37. The Labute approximate surface area is 236 Å². The summed E-state index contributed by atoms with van der Waals surface area (Å²) < 4.78 is 19.1. The summed E-state index contributed by atoms with van der Waals surface area (Å²) >= 11 is 7.34. The molecule has 3 aromatic rings. The molecule has 1 aromatic carbocycles. The monoisotopic (exact) mass is 571 g/mol. The fourth-order valence-corrected chi connectivity index (χ4v) is 6.40. The summed E-state index contributed by atoms with van der Waals surface area (Å²) in [5, 5.41) is 0.817. The normalized spacial score (nSPS) is 17.8. The molecule has 39 heavy (non-hydrogen) atoms. The van der Waals surface area contributed by atoms with E-state index in [1.165, 1.54) is 24.5 Å². The highest BCUT2D eigenvalue weighted by Gasteiger charge is 2.41.